The fourth-order valence-electron chi connectivity index (χ4n) is 3.58. The van der Waals surface area contributed by atoms with Crippen LogP contribution in [0, 0.1) is 0 Å². The molecule has 1 saturated heterocycles. The minimum absolute atomic E-state index is 0.0471. The summed E-state index contributed by atoms with van der Waals surface area (Å²) in [6.45, 7) is 3.28. The van der Waals surface area contributed by atoms with Crippen molar-refractivity contribution in [2.45, 2.75) is 37.8 Å². The van der Waals surface area contributed by atoms with E-state index in [0.717, 1.165) is 6.07 Å². The maximum Gasteiger partial charge on any atom is 0.341 e. The number of methoxy groups -OCH3 is 1. The summed E-state index contributed by atoms with van der Waals surface area (Å²) < 4.78 is 21.9. The maximum absolute atomic E-state index is 12.4. The van der Waals surface area contributed by atoms with Gasteiger partial charge in [-0.2, -0.15) is 0 Å². The number of aliphatic hydroxyl groups is 1. The number of hydrogen-bond acceptors (Lipinski definition) is 8. The van der Waals surface area contributed by atoms with E-state index in [1.807, 2.05) is 0 Å². The van der Waals surface area contributed by atoms with Crippen molar-refractivity contribution in [2.24, 2.45) is 0 Å². The molecule has 138 valence electrons. The first-order chi connectivity index (χ1) is 12.2. The second-order valence-electron chi connectivity index (χ2n) is 6.80. The summed E-state index contributed by atoms with van der Waals surface area (Å²) in [6.07, 6.45) is -2.20. The maximum atomic E-state index is 12.4. The van der Waals surface area contributed by atoms with Gasteiger partial charge < -0.3 is 34.3 Å². The van der Waals surface area contributed by atoms with Gasteiger partial charge >= 0.3 is 5.97 Å². The van der Waals surface area contributed by atoms with Gasteiger partial charge in [-0.25, -0.2) is 4.79 Å². The van der Waals surface area contributed by atoms with Crippen LogP contribution in [0.25, 0.3) is 10.8 Å². The lowest BCUT2D eigenvalue weighted by Gasteiger charge is -2.31. The van der Waals surface area contributed by atoms with Gasteiger partial charge in [0.2, 0.25) is 0 Å². The number of ether oxygens (including phenoxy) is 4. The zero-order valence-corrected chi connectivity index (χ0v) is 14.3. The van der Waals surface area contributed by atoms with E-state index in [4.69, 9.17) is 18.9 Å². The molecule has 3 N–H and O–H groups in total. The van der Waals surface area contributed by atoms with Crippen molar-refractivity contribution < 1.29 is 39.1 Å². The Hall–Kier alpha value is -2.39. The molecule has 0 spiro atoms. The lowest BCUT2D eigenvalue weighted by atomic mass is 9.91. The fraction of sp³-hybridized carbons (Fsp3) is 0.389. The second-order valence-corrected chi connectivity index (χ2v) is 6.80. The van der Waals surface area contributed by atoms with Crippen LogP contribution in [-0.2, 0) is 24.7 Å². The molecule has 2 aromatic rings. The van der Waals surface area contributed by atoms with E-state index in [9.17, 15) is 20.1 Å². The minimum atomic E-state index is -2.24. The van der Waals surface area contributed by atoms with Crippen LogP contribution in [0.2, 0.25) is 0 Å². The number of phenols is 2. The van der Waals surface area contributed by atoms with Crippen molar-refractivity contribution in [3.05, 3.63) is 35.4 Å². The molecule has 26 heavy (non-hydrogen) atoms. The molecule has 0 radical (unpaired) electrons. The lowest BCUT2D eigenvalue weighted by molar-refractivity contribution is -0.256. The zero-order valence-electron chi connectivity index (χ0n) is 14.3. The van der Waals surface area contributed by atoms with E-state index >= 15 is 0 Å². The molecule has 0 bridgehead atoms. The molecule has 2 aliphatic heterocycles. The molecule has 8 heteroatoms. The Morgan fingerprint density at radius 2 is 1.88 bits per heavy atom. The molecular formula is C18H18O8. The van der Waals surface area contributed by atoms with E-state index < -0.39 is 29.9 Å². The Labute approximate surface area is 148 Å². The number of benzene rings is 2. The molecule has 2 aliphatic rings. The van der Waals surface area contributed by atoms with E-state index in [-0.39, 0.29) is 28.0 Å². The number of hydrogen-bond donors (Lipinski definition) is 3. The van der Waals surface area contributed by atoms with Gasteiger partial charge in [0.1, 0.15) is 11.5 Å². The molecule has 2 aromatic carbocycles. The predicted octanol–water partition coefficient (Wildman–Crippen LogP) is 1.69. The summed E-state index contributed by atoms with van der Waals surface area (Å²) in [6, 6.07) is 5.53. The van der Waals surface area contributed by atoms with Gasteiger partial charge in [0.05, 0.1) is 11.1 Å². The Morgan fingerprint density at radius 3 is 2.58 bits per heavy atom. The molecule has 3 atom stereocenters. The average molecular weight is 362 g/mol. The van der Waals surface area contributed by atoms with E-state index in [0.29, 0.717) is 5.39 Å². The van der Waals surface area contributed by atoms with Crippen LogP contribution in [0.15, 0.2) is 24.3 Å². The molecule has 0 saturated carbocycles. The van der Waals surface area contributed by atoms with Crippen LogP contribution in [-0.4, -0.2) is 46.6 Å². The van der Waals surface area contributed by atoms with Crippen molar-refractivity contribution in [1.82, 2.24) is 0 Å². The quantitative estimate of drug-likeness (QED) is 0.692. The van der Waals surface area contributed by atoms with Crippen molar-refractivity contribution >= 4 is 16.7 Å². The van der Waals surface area contributed by atoms with Crippen molar-refractivity contribution in [3.8, 4) is 11.5 Å². The minimum Gasteiger partial charge on any atom is -0.508 e. The number of phenolic OH excluding ortho intramolecular Hbond substituents is 2. The van der Waals surface area contributed by atoms with Crippen LogP contribution in [0.3, 0.4) is 0 Å². The topological polar surface area (TPSA) is 115 Å². The summed E-state index contributed by atoms with van der Waals surface area (Å²) in [5.41, 5.74) is 0.134. The Kier molecular flexibility index (Phi) is 3.48. The van der Waals surface area contributed by atoms with Crippen LogP contribution in [0.4, 0.5) is 0 Å². The monoisotopic (exact) mass is 362 g/mol. The SMILES string of the molecule is CO[C@@H]1OC(C)(C)O[C@H]1[C@]1(O)OC(=O)c2ccc3cc(O)cc(O)c3c21. The third kappa shape index (κ3) is 2.27. The number of carbonyl (C=O) groups is 1. The molecule has 0 unspecified atom stereocenters. The number of fused-ring (bicyclic) bond motifs is 3. The number of rotatable bonds is 2. The molecule has 0 amide bonds. The number of aromatic hydroxyl groups is 2. The Balaban J connectivity index is 1.98. The van der Waals surface area contributed by atoms with Gasteiger partial charge in [0.15, 0.2) is 18.2 Å². The molecule has 8 nitrogen and oxygen atoms in total. The van der Waals surface area contributed by atoms with Gasteiger partial charge in [-0.15, -0.1) is 0 Å². The molecule has 0 aliphatic carbocycles. The first kappa shape index (κ1) is 17.0. The first-order valence-electron chi connectivity index (χ1n) is 7.99. The van der Waals surface area contributed by atoms with Gasteiger partial charge in [-0.3, -0.25) is 0 Å². The Bertz CT molecular complexity index is 921. The third-order valence-electron chi connectivity index (χ3n) is 4.58. The number of esters is 1. The molecular weight excluding hydrogens is 344 g/mol. The molecule has 4 rings (SSSR count). The van der Waals surface area contributed by atoms with Crippen LogP contribution >= 0.6 is 0 Å². The second kappa shape index (κ2) is 5.31. The van der Waals surface area contributed by atoms with Crippen molar-refractivity contribution in [3.63, 3.8) is 0 Å². The number of cyclic esters (lactones) is 1. The fourth-order valence-corrected chi connectivity index (χ4v) is 3.58. The van der Waals surface area contributed by atoms with E-state index in [1.54, 1.807) is 19.9 Å². The predicted molar refractivity (Wildman–Crippen MR) is 87.4 cm³/mol. The molecule has 1 fully saturated rings. The van der Waals surface area contributed by atoms with Gasteiger partial charge in [0.25, 0.3) is 5.79 Å². The summed E-state index contributed by atoms with van der Waals surface area (Å²) >= 11 is 0. The molecule has 0 aromatic heterocycles. The van der Waals surface area contributed by atoms with Crippen LogP contribution < -0.4 is 0 Å². The van der Waals surface area contributed by atoms with Crippen molar-refractivity contribution in [1.29, 1.82) is 0 Å². The van der Waals surface area contributed by atoms with Gasteiger partial charge in [-0.05, 0) is 31.4 Å². The lowest BCUT2D eigenvalue weighted by Crippen LogP contribution is -2.46. The summed E-state index contributed by atoms with van der Waals surface area (Å²) in [5, 5.41) is 32.0. The first-order valence-corrected chi connectivity index (χ1v) is 7.99. The van der Waals surface area contributed by atoms with E-state index in [2.05, 4.69) is 0 Å². The largest absolute Gasteiger partial charge is 0.508 e. The highest BCUT2D eigenvalue weighted by molar-refractivity contribution is 6.04. The third-order valence-corrected chi connectivity index (χ3v) is 4.58. The summed E-state index contributed by atoms with van der Waals surface area (Å²) in [4.78, 5) is 12.4. The van der Waals surface area contributed by atoms with Gasteiger partial charge in [-0.1, -0.05) is 6.07 Å². The standard InChI is InChI=1S/C18H18O8/c1-17(2)24-14(16(23-3)26-17)18(22)13-10(15(21)25-18)5-4-8-6-9(19)7-11(20)12(8)13/h4-7,14,16,19-20,22H,1-3H3/t14-,16-,18-/m1/s1. The highest BCUT2D eigenvalue weighted by Gasteiger charge is 2.60. The summed E-state index contributed by atoms with van der Waals surface area (Å²) in [7, 11) is 1.38. The van der Waals surface area contributed by atoms with Crippen molar-refractivity contribution in [2.75, 3.05) is 7.11 Å². The van der Waals surface area contributed by atoms with Crippen LogP contribution in [0.5, 0.6) is 11.5 Å². The zero-order chi connectivity index (χ0) is 18.9. The highest BCUT2D eigenvalue weighted by Crippen LogP contribution is 2.49. The highest BCUT2D eigenvalue weighted by atomic mass is 16.8. The molecule has 2 heterocycles. The normalized spacial score (nSPS) is 29.8. The van der Waals surface area contributed by atoms with Crippen LogP contribution in [0.1, 0.15) is 29.8 Å². The average Bonchev–Trinajstić information content (AvgIpc) is 3.01. The smallest absolute Gasteiger partial charge is 0.341 e. The van der Waals surface area contributed by atoms with E-state index in [1.165, 1.54) is 19.2 Å². The number of carbonyl (C=O) groups excluding carboxylic acids is 1. The van der Waals surface area contributed by atoms with Gasteiger partial charge in [0, 0.05) is 18.6 Å². The Morgan fingerprint density at radius 1 is 1.15 bits per heavy atom. The summed E-state index contributed by atoms with van der Waals surface area (Å²) in [5.74, 6) is -4.54.